The molecule has 0 radical (unpaired) electrons. The second kappa shape index (κ2) is 10.4. The van der Waals surface area contributed by atoms with Gasteiger partial charge in [0.2, 0.25) is 0 Å². The molecule has 1 saturated heterocycles. The van der Waals surface area contributed by atoms with Crippen LogP contribution >= 0.6 is 11.8 Å². The van der Waals surface area contributed by atoms with E-state index in [2.05, 4.69) is 75.0 Å². The van der Waals surface area contributed by atoms with E-state index < -0.39 is 0 Å². The summed E-state index contributed by atoms with van der Waals surface area (Å²) in [6, 6.07) is 0. The molecule has 0 aliphatic carbocycles. The minimum absolute atomic E-state index is 0.413. The molecule has 0 saturated carbocycles. The molecule has 0 aromatic carbocycles. The number of nitrogens with zero attached hydrogens (tertiary/aromatic N) is 3. The molecule has 4 heteroatoms. The van der Waals surface area contributed by atoms with Gasteiger partial charge >= 0.3 is 0 Å². The number of hydrogen-bond acceptors (Lipinski definition) is 4. The number of likely N-dealkylation sites (tertiary alicyclic amines) is 1. The molecule has 0 amide bonds. The molecule has 2 unspecified atom stereocenters. The summed E-state index contributed by atoms with van der Waals surface area (Å²) in [7, 11) is 2.24. The van der Waals surface area contributed by atoms with Gasteiger partial charge in [-0.25, -0.2) is 0 Å². The Morgan fingerprint density at radius 2 is 2.22 bits per heavy atom. The van der Waals surface area contributed by atoms with Crippen molar-refractivity contribution in [2.45, 2.75) is 47.0 Å². The molecule has 3 nitrogen and oxygen atoms in total. The van der Waals surface area contributed by atoms with E-state index in [1.807, 2.05) is 11.8 Å². The largest absolute Gasteiger partial charge is 0.306 e. The van der Waals surface area contributed by atoms with E-state index in [1.54, 1.807) is 0 Å². The van der Waals surface area contributed by atoms with Crippen LogP contribution in [0.2, 0.25) is 0 Å². The molecule has 2 atom stereocenters. The van der Waals surface area contributed by atoms with E-state index in [4.69, 9.17) is 4.99 Å². The van der Waals surface area contributed by atoms with Gasteiger partial charge in [-0.15, -0.1) is 11.8 Å². The Labute approximate surface area is 170 Å². The van der Waals surface area contributed by atoms with E-state index in [9.17, 15) is 0 Å². The molecule has 0 aromatic heterocycles. The topological polar surface area (TPSA) is 28.0 Å². The van der Waals surface area contributed by atoms with Crippen molar-refractivity contribution in [3.05, 3.63) is 34.9 Å². The molecular weight excluding hydrogens is 350 g/mol. The highest BCUT2D eigenvalue weighted by atomic mass is 32.2. The lowest BCUT2D eigenvalue weighted by atomic mass is 9.79. The molecule has 0 spiro atoms. The fraction of sp³-hybridized carbons (Fsp3) is 0.652. The molecular formula is C23H37N3S. The van der Waals surface area contributed by atoms with Crippen LogP contribution in [-0.4, -0.2) is 49.8 Å². The predicted octanol–water partition coefficient (Wildman–Crippen LogP) is 5.61. The fourth-order valence-corrected chi connectivity index (χ4v) is 5.17. The van der Waals surface area contributed by atoms with Gasteiger partial charge < -0.3 is 4.90 Å². The normalized spacial score (nSPS) is 27.7. The highest BCUT2D eigenvalue weighted by Gasteiger charge is 2.30. The lowest BCUT2D eigenvalue weighted by molar-refractivity contribution is 0.103. The highest BCUT2D eigenvalue weighted by Crippen LogP contribution is 2.33. The van der Waals surface area contributed by atoms with Gasteiger partial charge in [0, 0.05) is 31.1 Å². The summed E-state index contributed by atoms with van der Waals surface area (Å²) in [4.78, 5) is 11.5. The second-order valence-corrected chi connectivity index (χ2v) is 9.90. The fourth-order valence-electron chi connectivity index (χ4n) is 4.27. The van der Waals surface area contributed by atoms with Crippen molar-refractivity contribution >= 4 is 24.2 Å². The molecule has 27 heavy (non-hydrogen) atoms. The molecule has 2 aliphatic rings. The van der Waals surface area contributed by atoms with Crippen LogP contribution < -0.4 is 0 Å². The van der Waals surface area contributed by atoms with Crippen LogP contribution in [-0.2, 0) is 0 Å². The minimum atomic E-state index is 0.413. The van der Waals surface area contributed by atoms with Gasteiger partial charge in [0.05, 0.1) is 5.70 Å². The number of aliphatic imine (C=N–C) groups is 2. The van der Waals surface area contributed by atoms with E-state index in [-0.39, 0.29) is 0 Å². The summed E-state index contributed by atoms with van der Waals surface area (Å²) >= 11 is 1.87. The molecule has 2 aliphatic heterocycles. The summed E-state index contributed by atoms with van der Waals surface area (Å²) in [5.41, 5.74) is 3.75. The molecule has 150 valence electrons. The second-order valence-electron chi connectivity index (χ2n) is 9.00. The lowest BCUT2D eigenvalue weighted by Crippen LogP contribution is -2.43. The number of hydrogen-bond donors (Lipinski definition) is 0. The van der Waals surface area contributed by atoms with Crippen LogP contribution in [0, 0.1) is 17.3 Å². The monoisotopic (exact) mass is 387 g/mol. The first-order chi connectivity index (χ1) is 12.8. The maximum atomic E-state index is 4.79. The van der Waals surface area contributed by atoms with Crippen LogP contribution in [0.1, 0.15) is 47.0 Å². The Kier molecular flexibility index (Phi) is 8.56. The van der Waals surface area contributed by atoms with Gasteiger partial charge in [-0.05, 0) is 74.3 Å². The zero-order valence-corrected chi connectivity index (χ0v) is 18.7. The third-order valence-corrected chi connectivity index (χ3v) is 6.35. The Balaban J connectivity index is 2.03. The van der Waals surface area contributed by atoms with Crippen molar-refractivity contribution in [2.24, 2.45) is 27.2 Å². The lowest BCUT2D eigenvalue weighted by Gasteiger charge is -2.40. The standard InChI is InChI=1S/C23H37N3S/c1-7-8-20(22-10-9-18(2)13-25-22)11-21(24-5)16-27-15-19-12-23(3,4)17-26(6)14-19/h7-8,11,16,18-19H,5,9-10,12-15,17H2,1-4,6H3/b8-7-,20-11+,21-16-. The third-order valence-electron chi connectivity index (χ3n) is 5.28. The summed E-state index contributed by atoms with van der Waals surface area (Å²) in [6.45, 7) is 16.2. The van der Waals surface area contributed by atoms with E-state index in [0.29, 0.717) is 11.3 Å². The van der Waals surface area contributed by atoms with Crippen LogP contribution in [0.5, 0.6) is 0 Å². The van der Waals surface area contributed by atoms with Gasteiger partial charge in [0.15, 0.2) is 0 Å². The Morgan fingerprint density at radius 1 is 1.44 bits per heavy atom. The van der Waals surface area contributed by atoms with E-state index >= 15 is 0 Å². The molecule has 1 fully saturated rings. The Hall–Kier alpha value is -1.13. The van der Waals surface area contributed by atoms with E-state index in [0.717, 1.165) is 30.3 Å². The molecule has 2 rings (SSSR count). The smallest absolute Gasteiger partial charge is 0.0691 e. The van der Waals surface area contributed by atoms with Crippen LogP contribution in [0.15, 0.2) is 44.9 Å². The number of thioether (sulfide) groups is 1. The zero-order chi connectivity index (χ0) is 19.9. The molecule has 0 aromatic rings. The van der Waals surface area contributed by atoms with Gasteiger partial charge in [-0.3, -0.25) is 9.98 Å². The Morgan fingerprint density at radius 3 is 2.81 bits per heavy atom. The van der Waals surface area contributed by atoms with Crippen molar-refractivity contribution < 1.29 is 0 Å². The summed E-state index contributed by atoms with van der Waals surface area (Å²) < 4.78 is 0. The van der Waals surface area contributed by atoms with Gasteiger partial charge in [0.25, 0.3) is 0 Å². The van der Waals surface area contributed by atoms with Crippen molar-refractivity contribution in [3.8, 4) is 0 Å². The summed E-state index contributed by atoms with van der Waals surface area (Å²) in [5, 5.41) is 2.17. The van der Waals surface area contributed by atoms with Gasteiger partial charge in [-0.2, -0.15) is 0 Å². The molecule has 0 N–H and O–H groups in total. The van der Waals surface area contributed by atoms with Crippen molar-refractivity contribution in [1.29, 1.82) is 0 Å². The summed E-state index contributed by atoms with van der Waals surface area (Å²) in [5.74, 6) is 2.56. The number of allylic oxidation sites excluding steroid dienone is 4. The number of rotatable bonds is 7. The first kappa shape index (κ1) is 22.2. The summed E-state index contributed by atoms with van der Waals surface area (Å²) in [6.07, 6.45) is 9.94. The van der Waals surface area contributed by atoms with Crippen molar-refractivity contribution in [2.75, 3.05) is 32.4 Å². The average Bonchev–Trinajstić information content (AvgIpc) is 2.59. The van der Waals surface area contributed by atoms with Crippen LogP contribution in [0.25, 0.3) is 0 Å². The van der Waals surface area contributed by atoms with Crippen LogP contribution in [0.4, 0.5) is 0 Å². The predicted molar refractivity (Wildman–Crippen MR) is 123 cm³/mol. The van der Waals surface area contributed by atoms with Crippen molar-refractivity contribution in [3.63, 3.8) is 0 Å². The SMILES string of the molecule is C=NC(=C\SCC1CN(C)CC(C)(C)C1)/C=C(\C=C/C)C1=NCC(C)CC1. The highest BCUT2D eigenvalue weighted by molar-refractivity contribution is 8.02. The first-order valence-corrected chi connectivity index (χ1v) is 11.2. The van der Waals surface area contributed by atoms with Crippen molar-refractivity contribution in [1.82, 2.24) is 4.90 Å². The van der Waals surface area contributed by atoms with Gasteiger partial charge in [0.1, 0.15) is 0 Å². The Bertz CT molecular complexity index is 628. The third kappa shape index (κ3) is 7.42. The molecule has 2 heterocycles. The maximum Gasteiger partial charge on any atom is 0.0691 e. The molecule has 0 bridgehead atoms. The minimum Gasteiger partial charge on any atom is -0.306 e. The first-order valence-electron chi connectivity index (χ1n) is 10.2. The number of piperidine rings is 1. The quantitative estimate of drug-likeness (QED) is 0.419. The maximum absolute atomic E-state index is 4.79. The van der Waals surface area contributed by atoms with Crippen LogP contribution in [0.3, 0.4) is 0 Å². The van der Waals surface area contributed by atoms with Gasteiger partial charge in [-0.1, -0.05) is 32.9 Å². The average molecular weight is 388 g/mol. The van der Waals surface area contributed by atoms with E-state index in [1.165, 1.54) is 37.2 Å². The zero-order valence-electron chi connectivity index (χ0n) is 17.9.